The van der Waals surface area contributed by atoms with Gasteiger partial charge in [-0.2, -0.15) is 0 Å². The van der Waals surface area contributed by atoms with E-state index >= 15 is 0 Å². The molecular weight excluding hydrogens is 632 g/mol. The predicted molar refractivity (Wildman–Crippen MR) is 199 cm³/mol. The average Bonchev–Trinajstić information content (AvgIpc) is 3.13. The molecule has 1 aliphatic rings. The van der Waals surface area contributed by atoms with Gasteiger partial charge < -0.3 is 40.9 Å². The molecule has 12 heteroatoms. The minimum atomic E-state index is -0.179. The Morgan fingerprint density at radius 1 is 0.600 bits per heavy atom. The largest absolute Gasteiger partial charge is 0.338 e. The van der Waals surface area contributed by atoms with Crippen molar-refractivity contribution < 1.29 is 19.2 Å². The number of nitrogens with one attached hydrogen (secondary N) is 4. The van der Waals surface area contributed by atoms with Gasteiger partial charge in [-0.25, -0.2) is 19.2 Å². The smallest absolute Gasteiger partial charge is 0.317 e. The molecule has 0 saturated heterocycles. The van der Waals surface area contributed by atoms with Crippen LogP contribution in [0.15, 0.2) is 84.5 Å². The standard InChI is InChI=1S/C38H56N8O4/c1-43(35(47)39-22-20-31-14-7-5-8-15-31)24-12-26-45(3)37(49)41-29-33-18-11-19-34(28-33)30-42-38(50)46(4)27-13-25-44(2)36(48)40-23-21-32-16-9-6-10-17-32/h5-11,14-18,28,34H,12-13,19-27,29-30H2,1-4H3,(H,39,47)(H,40,48)(H,41,49)(H,42,50). The van der Waals surface area contributed by atoms with Gasteiger partial charge in [-0.3, -0.25) is 0 Å². The van der Waals surface area contributed by atoms with Gasteiger partial charge in [0.05, 0.1) is 0 Å². The van der Waals surface area contributed by atoms with E-state index in [9.17, 15) is 19.2 Å². The Morgan fingerprint density at radius 3 is 1.48 bits per heavy atom. The molecule has 1 unspecified atom stereocenters. The molecule has 0 bridgehead atoms. The molecule has 4 N–H and O–H groups in total. The van der Waals surface area contributed by atoms with Gasteiger partial charge in [0, 0.05) is 80.5 Å². The van der Waals surface area contributed by atoms with Crippen molar-refractivity contribution in [1.82, 2.24) is 40.9 Å². The van der Waals surface area contributed by atoms with Crippen LogP contribution in [0.1, 0.15) is 30.4 Å². The zero-order chi connectivity index (χ0) is 36.1. The third-order valence-corrected chi connectivity index (χ3v) is 8.61. The summed E-state index contributed by atoms with van der Waals surface area (Å²) in [6.07, 6.45) is 9.85. The summed E-state index contributed by atoms with van der Waals surface area (Å²) >= 11 is 0. The molecule has 8 amide bonds. The van der Waals surface area contributed by atoms with E-state index in [4.69, 9.17) is 0 Å². The number of rotatable bonds is 18. The maximum Gasteiger partial charge on any atom is 0.317 e. The van der Waals surface area contributed by atoms with Crippen molar-refractivity contribution in [3.63, 3.8) is 0 Å². The first-order valence-corrected chi connectivity index (χ1v) is 17.5. The first kappa shape index (κ1) is 39.4. The van der Waals surface area contributed by atoms with E-state index in [2.05, 4.69) is 33.4 Å². The fourth-order valence-electron chi connectivity index (χ4n) is 5.43. The van der Waals surface area contributed by atoms with Gasteiger partial charge in [0.2, 0.25) is 0 Å². The zero-order valence-electron chi connectivity index (χ0n) is 30.2. The topological polar surface area (TPSA) is 129 Å². The second kappa shape index (κ2) is 21.9. The highest BCUT2D eigenvalue weighted by molar-refractivity contribution is 5.75. The summed E-state index contributed by atoms with van der Waals surface area (Å²) in [6, 6.07) is 19.5. The molecule has 1 atom stereocenters. The fourth-order valence-corrected chi connectivity index (χ4v) is 5.43. The molecule has 0 fully saturated rings. The van der Waals surface area contributed by atoms with E-state index in [1.54, 1.807) is 47.8 Å². The van der Waals surface area contributed by atoms with Crippen molar-refractivity contribution in [2.45, 2.75) is 32.1 Å². The van der Waals surface area contributed by atoms with E-state index in [1.807, 2.05) is 66.7 Å². The van der Waals surface area contributed by atoms with Crippen molar-refractivity contribution in [3.8, 4) is 0 Å². The van der Waals surface area contributed by atoms with Crippen LogP contribution < -0.4 is 21.3 Å². The maximum absolute atomic E-state index is 12.7. The van der Waals surface area contributed by atoms with Crippen molar-refractivity contribution in [1.29, 1.82) is 0 Å². The van der Waals surface area contributed by atoms with Crippen LogP contribution >= 0.6 is 0 Å². The molecule has 0 heterocycles. The third kappa shape index (κ3) is 15.0. The summed E-state index contributed by atoms with van der Waals surface area (Å²) in [5, 5.41) is 11.9. The Morgan fingerprint density at radius 2 is 1.02 bits per heavy atom. The molecule has 0 aliphatic heterocycles. The number of carbonyl (C=O) groups excluding carboxylic acids is 4. The third-order valence-electron chi connectivity index (χ3n) is 8.61. The molecule has 0 spiro atoms. The lowest BCUT2D eigenvalue weighted by Gasteiger charge is -2.23. The highest BCUT2D eigenvalue weighted by Crippen LogP contribution is 2.16. The van der Waals surface area contributed by atoms with E-state index in [0.717, 1.165) is 24.8 Å². The van der Waals surface area contributed by atoms with Crippen molar-refractivity contribution >= 4 is 24.1 Å². The lowest BCUT2D eigenvalue weighted by Crippen LogP contribution is -2.42. The summed E-state index contributed by atoms with van der Waals surface area (Å²) in [7, 11) is 7.02. The lowest BCUT2D eigenvalue weighted by atomic mass is 9.96. The zero-order valence-corrected chi connectivity index (χ0v) is 30.2. The number of urea groups is 4. The SMILES string of the molecule is CN(CCCN(C)C(=O)NCC1=CC(CNC(=O)N(C)CCCN(C)C(=O)NCCc2ccccc2)CC=C1)C(=O)NCCc1ccccc1. The minimum Gasteiger partial charge on any atom is -0.338 e. The molecule has 272 valence electrons. The molecule has 0 aromatic heterocycles. The summed E-state index contributed by atoms with van der Waals surface area (Å²) in [6.45, 7) is 4.14. The Kier molecular flexibility index (Phi) is 17.2. The minimum absolute atomic E-state index is 0.122. The number of carbonyl (C=O) groups is 4. The molecule has 1 aliphatic carbocycles. The highest BCUT2D eigenvalue weighted by atomic mass is 16.2. The molecule has 50 heavy (non-hydrogen) atoms. The second-order valence-corrected chi connectivity index (χ2v) is 12.8. The highest BCUT2D eigenvalue weighted by Gasteiger charge is 2.16. The van der Waals surface area contributed by atoms with Crippen LogP contribution in [0.3, 0.4) is 0 Å². The Labute approximate surface area is 297 Å². The fraction of sp³-hybridized carbons (Fsp3) is 0.474. The molecular formula is C38H56N8O4. The second-order valence-electron chi connectivity index (χ2n) is 12.8. The molecule has 0 saturated carbocycles. The number of amides is 8. The van der Waals surface area contributed by atoms with Gasteiger partial charge in [-0.1, -0.05) is 78.9 Å². The van der Waals surface area contributed by atoms with E-state index < -0.39 is 0 Å². The van der Waals surface area contributed by atoms with Gasteiger partial charge >= 0.3 is 24.1 Å². The Hall–Kier alpha value is -5.00. The average molecular weight is 689 g/mol. The number of hydrogen-bond donors (Lipinski definition) is 4. The summed E-state index contributed by atoms with van der Waals surface area (Å²) in [5.41, 5.74) is 3.35. The maximum atomic E-state index is 12.7. The number of nitrogens with zero attached hydrogens (tertiary/aromatic N) is 4. The summed E-state index contributed by atoms with van der Waals surface area (Å²) < 4.78 is 0. The Balaban J connectivity index is 1.25. The molecule has 3 rings (SSSR count). The molecule has 0 radical (unpaired) electrons. The van der Waals surface area contributed by atoms with Gasteiger partial charge in [0.25, 0.3) is 0 Å². The van der Waals surface area contributed by atoms with Crippen LogP contribution in [0.25, 0.3) is 0 Å². The van der Waals surface area contributed by atoms with Crippen LogP contribution in [-0.2, 0) is 12.8 Å². The number of benzene rings is 2. The molecule has 2 aromatic carbocycles. The number of allylic oxidation sites excluding steroid dienone is 1. The summed E-state index contributed by atoms with van der Waals surface area (Å²) in [4.78, 5) is 56.7. The van der Waals surface area contributed by atoms with Gasteiger partial charge in [-0.15, -0.1) is 0 Å². The van der Waals surface area contributed by atoms with Crippen molar-refractivity contribution in [3.05, 3.63) is 95.6 Å². The van der Waals surface area contributed by atoms with Gasteiger partial charge in [-0.05, 0) is 54.7 Å². The predicted octanol–water partition coefficient (Wildman–Crippen LogP) is 4.32. The van der Waals surface area contributed by atoms with Crippen LogP contribution in [0.4, 0.5) is 19.2 Å². The van der Waals surface area contributed by atoms with Crippen LogP contribution in [-0.4, -0.2) is 124 Å². The van der Waals surface area contributed by atoms with E-state index in [0.29, 0.717) is 65.2 Å². The van der Waals surface area contributed by atoms with Gasteiger partial charge in [0.1, 0.15) is 0 Å². The van der Waals surface area contributed by atoms with E-state index in [-0.39, 0.29) is 30.0 Å². The first-order chi connectivity index (χ1) is 24.1. The molecule has 2 aromatic rings. The van der Waals surface area contributed by atoms with Crippen molar-refractivity contribution in [2.75, 3.05) is 80.5 Å². The normalized spacial score (nSPS) is 13.4. The van der Waals surface area contributed by atoms with Crippen LogP contribution in [0.2, 0.25) is 0 Å². The van der Waals surface area contributed by atoms with Crippen molar-refractivity contribution in [2.24, 2.45) is 5.92 Å². The number of hydrogen-bond acceptors (Lipinski definition) is 4. The molecule has 12 nitrogen and oxygen atoms in total. The van der Waals surface area contributed by atoms with Crippen LogP contribution in [0.5, 0.6) is 0 Å². The Bertz CT molecular complexity index is 1400. The van der Waals surface area contributed by atoms with E-state index in [1.165, 1.54) is 11.1 Å². The monoisotopic (exact) mass is 688 g/mol. The quantitative estimate of drug-likeness (QED) is 0.186. The summed E-state index contributed by atoms with van der Waals surface area (Å²) in [5.74, 6) is 0.127. The van der Waals surface area contributed by atoms with Crippen LogP contribution in [0, 0.1) is 5.92 Å². The first-order valence-electron chi connectivity index (χ1n) is 17.5. The lowest BCUT2D eigenvalue weighted by molar-refractivity contribution is 0.198. The van der Waals surface area contributed by atoms with Gasteiger partial charge in [0.15, 0.2) is 0 Å².